The van der Waals surface area contributed by atoms with E-state index in [2.05, 4.69) is 15.2 Å². The molecule has 7 nitrogen and oxygen atoms in total. The number of hydrogen-bond donors (Lipinski definition) is 1. The second-order valence-corrected chi connectivity index (χ2v) is 5.47. The molecule has 1 aliphatic rings. The first-order valence-electron chi connectivity index (χ1n) is 7.31. The summed E-state index contributed by atoms with van der Waals surface area (Å²) >= 11 is 0. The minimum absolute atomic E-state index is 0.00415. The van der Waals surface area contributed by atoms with Crippen LogP contribution in [0.4, 0.5) is 0 Å². The maximum absolute atomic E-state index is 12.2. The zero-order chi connectivity index (χ0) is 15.8. The molecule has 0 bridgehead atoms. The number of carbonyl (C=O) groups is 1. The van der Waals surface area contributed by atoms with Crippen molar-refractivity contribution >= 4 is 16.7 Å². The first-order chi connectivity index (χ1) is 11.2. The molecule has 0 radical (unpaired) electrons. The number of carbonyl (C=O) groups excluding carboxylic acids is 1. The third-order valence-corrected chi connectivity index (χ3v) is 3.74. The Morgan fingerprint density at radius 1 is 1.30 bits per heavy atom. The highest BCUT2D eigenvalue weighted by atomic mass is 16.5. The molecule has 1 saturated carbocycles. The predicted octanol–water partition coefficient (Wildman–Crippen LogP) is 2.15. The fraction of sp³-hybridized carbons (Fsp3) is 0.250. The Morgan fingerprint density at radius 3 is 2.87 bits per heavy atom. The average Bonchev–Trinajstić information content (AvgIpc) is 3.32. The number of oxazole rings is 1. The molecule has 0 amide bonds. The standard InChI is InChI=1S/C16H13N3O4/c20-14-12-4-2-1-3-11(12)13(18-19-14)16(21)23-8-10-7-22-15(17-10)9-5-6-9/h1-4,7,9H,5-6,8H2,(H,19,20). The largest absolute Gasteiger partial charge is 0.454 e. The van der Waals surface area contributed by atoms with Gasteiger partial charge in [-0.25, -0.2) is 14.9 Å². The Bertz CT molecular complexity index is 940. The summed E-state index contributed by atoms with van der Waals surface area (Å²) in [6, 6.07) is 6.75. The van der Waals surface area contributed by atoms with E-state index in [1.54, 1.807) is 24.3 Å². The van der Waals surface area contributed by atoms with Crippen LogP contribution in [0, 0.1) is 0 Å². The number of nitrogens with one attached hydrogen (secondary N) is 1. The summed E-state index contributed by atoms with van der Waals surface area (Å²) in [5, 5.41) is 6.97. The van der Waals surface area contributed by atoms with E-state index in [-0.39, 0.29) is 17.9 Å². The molecule has 7 heteroatoms. The van der Waals surface area contributed by atoms with Gasteiger partial charge in [-0.05, 0) is 18.9 Å². The van der Waals surface area contributed by atoms with Crippen molar-refractivity contribution in [2.45, 2.75) is 25.4 Å². The quantitative estimate of drug-likeness (QED) is 0.741. The molecule has 23 heavy (non-hydrogen) atoms. The molecule has 3 aromatic rings. The molecule has 0 unspecified atom stereocenters. The van der Waals surface area contributed by atoms with Gasteiger partial charge in [-0.3, -0.25) is 4.79 Å². The molecular formula is C16H13N3O4. The van der Waals surface area contributed by atoms with Crippen LogP contribution >= 0.6 is 0 Å². The smallest absolute Gasteiger partial charge is 0.359 e. The van der Waals surface area contributed by atoms with Crippen LogP contribution in [-0.2, 0) is 11.3 Å². The molecule has 4 rings (SSSR count). The predicted molar refractivity (Wildman–Crippen MR) is 80.0 cm³/mol. The molecule has 1 aromatic carbocycles. The summed E-state index contributed by atoms with van der Waals surface area (Å²) in [5.41, 5.74) is 0.294. The topological polar surface area (TPSA) is 98.1 Å². The van der Waals surface area contributed by atoms with Gasteiger partial charge in [0.2, 0.25) is 0 Å². The highest BCUT2D eigenvalue weighted by Gasteiger charge is 2.28. The Hall–Kier alpha value is -2.96. The van der Waals surface area contributed by atoms with Crippen LogP contribution in [0.2, 0.25) is 0 Å². The number of aromatic nitrogens is 3. The van der Waals surface area contributed by atoms with Crippen LogP contribution < -0.4 is 5.56 Å². The third-order valence-electron chi connectivity index (χ3n) is 3.74. The molecule has 0 saturated heterocycles. The lowest BCUT2D eigenvalue weighted by molar-refractivity contribution is 0.0462. The molecule has 0 spiro atoms. The highest BCUT2D eigenvalue weighted by molar-refractivity contribution is 6.01. The van der Waals surface area contributed by atoms with Gasteiger partial charge in [0.25, 0.3) is 5.56 Å². The zero-order valence-corrected chi connectivity index (χ0v) is 12.1. The van der Waals surface area contributed by atoms with Gasteiger partial charge < -0.3 is 9.15 Å². The van der Waals surface area contributed by atoms with Gasteiger partial charge in [0.15, 0.2) is 11.6 Å². The molecule has 0 atom stereocenters. The lowest BCUT2D eigenvalue weighted by Gasteiger charge is -2.04. The SMILES string of the molecule is O=C(OCc1coc(C2CC2)n1)c1n[nH]c(=O)c2ccccc12. The summed E-state index contributed by atoms with van der Waals surface area (Å²) in [6.45, 7) is 0.00415. The maximum atomic E-state index is 12.2. The number of rotatable bonds is 4. The second kappa shape index (κ2) is 5.35. The summed E-state index contributed by atoms with van der Waals surface area (Å²) in [7, 11) is 0. The number of hydrogen-bond acceptors (Lipinski definition) is 6. The Labute approximate surface area is 130 Å². The van der Waals surface area contributed by atoms with E-state index >= 15 is 0 Å². The van der Waals surface area contributed by atoms with Crippen molar-refractivity contribution in [3.05, 3.63) is 58.2 Å². The van der Waals surface area contributed by atoms with Gasteiger partial charge in [0.1, 0.15) is 18.6 Å². The summed E-state index contributed by atoms with van der Waals surface area (Å²) in [5.74, 6) is 0.487. The van der Waals surface area contributed by atoms with Crippen LogP contribution in [0.15, 0.2) is 39.7 Å². The van der Waals surface area contributed by atoms with Crippen LogP contribution in [0.25, 0.3) is 10.8 Å². The monoisotopic (exact) mass is 311 g/mol. The minimum Gasteiger partial charge on any atom is -0.454 e. The van der Waals surface area contributed by atoms with E-state index in [0.717, 1.165) is 12.8 Å². The molecular weight excluding hydrogens is 298 g/mol. The molecule has 0 aliphatic heterocycles. The first kappa shape index (κ1) is 13.7. The number of aromatic amines is 1. The maximum Gasteiger partial charge on any atom is 0.359 e. The summed E-state index contributed by atoms with van der Waals surface area (Å²) in [4.78, 5) is 28.2. The first-order valence-corrected chi connectivity index (χ1v) is 7.31. The van der Waals surface area contributed by atoms with E-state index in [0.29, 0.717) is 28.3 Å². The number of esters is 1. The van der Waals surface area contributed by atoms with Crippen LogP contribution in [-0.4, -0.2) is 21.2 Å². The normalized spacial score (nSPS) is 14.1. The van der Waals surface area contributed by atoms with Gasteiger partial charge >= 0.3 is 5.97 Å². The van der Waals surface area contributed by atoms with Crippen molar-refractivity contribution in [1.29, 1.82) is 0 Å². The third kappa shape index (κ3) is 2.61. The molecule has 2 aromatic heterocycles. The number of benzene rings is 1. The summed E-state index contributed by atoms with van der Waals surface area (Å²) in [6.07, 6.45) is 3.68. The van der Waals surface area contributed by atoms with Gasteiger partial charge in [-0.2, -0.15) is 5.10 Å². The molecule has 1 aliphatic carbocycles. The molecule has 1 fully saturated rings. The van der Waals surface area contributed by atoms with E-state index < -0.39 is 5.97 Å². The number of fused-ring (bicyclic) bond motifs is 1. The highest BCUT2D eigenvalue weighted by Crippen LogP contribution is 2.39. The lowest BCUT2D eigenvalue weighted by atomic mass is 10.1. The van der Waals surface area contributed by atoms with Gasteiger partial charge in [-0.1, -0.05) is 18.2 Å². The fourth-order valence-electron chi connectivity index (χ4n) is 2.38. The number of nitrogens with zero attached hydrogens (tertiary/aromatic N) is 2. The number of H-pyrrole nitrogens is 1. The van der Waals surface area contributed by atoms with Crippen molar-refractivity contribution < 1.29 is 13.9 Å². The van der Waals surface area contributed by atoms with Crippen LogP contribution in [0.3, 0.4) is 0 Å². The fourth-order valence-corrected chi connectivity index (χ4v) is 2.38. The molecule has 1 N–H and O–H groups in total. The Kier molecular flexibility index (Phi) is 3.18. The van der Waals surface area contributed by atoms with Crippen LogP contribution in [0.1, 0.15) is 40.8 Å². The number of ether oxygens (including phenoxy) is 1. The van der Waals surface area contributed by atoms with E-state index in [9.17, 15) is 9.59 Å². The minimum atomic E-state index is -0.617. The van der Waals surface area contributed by atoms with Crippen molar-refractivity contribution in [3.63, 3.8) is 0 Å². The summed E-state index contributed by atoms with van der Waals surface area (Å²) < 4.78 is 10.6. The Balaban J connectivity index is 1.54. The van der Waals surface area contributed by atoms with Crippen LogP contribution in [0.5, 0.6) is 0 Å². The van der Waals surface area contributed by atoms with E-state index in [1.165, 1.54) is 6.26 Å². The zero-order valence-electron chi connectivity index (χ0n) is 12.1. The average molecular weight is 311 g/mol. The van der Waals surface area contributed by atoms with Crippen molar-refractivity contribution in [1.82, 2.24) is 15.2 Å². The molecule has 2 heterocycles. The van der Waals surface area contributed by atoms with Crippen molar-refractivity contribution in [2.75, 3.05) is 0 Å². The van der Waals surface area contributed by atoms with Crippen molar-refractivity contribution in [3.8, 4) is 0 Å². The lowest BCUT2D eigenvalue weighted by Crippen LogP contribution is -2.16. The van der Waals surface area contributed by atoms with E-state index in [1.807, 2.05) is 0 Å². The van der Waals surface area contributed by atoms with Crippen molar-refractivity contribution in [2.24, 2.45) is 0 Å². The van der Waals surface area contributed by atoms with E-state index in [4.69, 9.17) is 9.15 Å². The van der Waals surface area contributed by atoms with Gasteiger partial charge in [0, 0.05) is 11.3 Å². The second-order valence-electron chi connectivity index (χ2n) is 5.47. The Morgan fingerprint density at radius 2 is 2.09 bits per heavy atom. The van der Waals surface area contributed by atoms with Gasteiger partial charge in [0.05, 0.1) is 5.39 Å². The van der Waals surface area contributed by atoms with Gasteiger partial charge in [-0.15, -0.1) is 0 Å². The molecule has 116 valence electrons.